The highest BCUT2D eigenvalue weighted by Crippen LogP contribution is 2.24. The molecule has 8 N–H and O–H groups in total. The number of carboxylic acids is 2. The standard InChI is InChI=1S/C33H42N6O5.C2HF3O2/c34-33(44)37-22-9-6-13-27(38-30(40)15-5-2-8-20-35-29-14-7-10-21-36-29)32(43)39-28(23-31(41)42)26-18-16-25(17-19-26)24-11-3-1-4-12-24;3-2(4,5)1(6)7/h1,3-4,7,10-12,14,16-19,21,27-28H,2,5-6,8-9,13,15,20,22-23H2,(H,35,36)(H,38,40)(H,39,43)(H,41,42)(H3,34,37,44);(H,6,7)/t27-,28?;/m0./s1. The summed E-state index contributed by atoms with van der Waals surface area (Å²) in [5.74, 6) is -3.72. The number of rotatable bonds is 19. The maximum atomic E-state index is 13.4. The predicted molar refractivity (Wildman–Crippen MR) is 183 cm³/mol. The molecule has 0 aliphatic rings. The van der Waals surface area contributed by atoms with E-state index in [2.05, 4.69) is 26.3 Å². The summed E-state index contributed by atoms with van der Waals surface area (Å²) in [6, 6.07) is 20.6. The number of alkyl halides is 3. The SMILES string of the molecule is NC(=O)NCCCC[C@H](NC(=O)CCCCCNc1ccccn1)C(=O)NC(CC(=O)O)c1ccc(-c2ccccc2)cc1.O=C(O)C(F)(F)F. The number of pyridine rings is 1. The Morgan fingerprint density at radius 3 is 1.98 bits per heavy atom. The third kappa shape index (κ3) is 17.5. The molecule has 0 aliphatic carbocycles. The van der Waals surface area contributed by atoms with E-state index in [1.54, 1.807) is 6.20 Å². The lowest BCUT2D eigenvalue weighted by Crippen LogP contribution is -2.48. The molecule has 2 aromatic carbocycles. The maximum Gasteiger partial charge on any atom is 0.490 e. The van der Waals surface area contributed by atoms with Crippen molar-refractivity contribution in [2.75, 3.05) is 18.4 Å². The summed E-state index contributed by atoms with van der Waals surface area (Å²) in [4.78, 5) is 62.0. The third-order valence-electron chi connectivity index (χ3n) is 7.28. The molecular formula is C35H43F3N6O7. The lowest BCUT2D eigenvalue weighted by Gasteiger charge is -2.23. The van der Waals surface area contributed by atoms with Crippen LogP contribution in [-0.4, -0.2) is 70.3 Å². The van der Waals surface area contributed by atoms with Crippen LogP contribution in [-0.2, 0) is 19.2 Å². The van der Waals surface area contributed by atoms with Gasteiger partial charge in [-0.2, -0.15) is 13.2 Å². The summed E-state index contributed by atoms with van der Waals surface area (Å²) in [7, 11) is 0. The third-order valence-corrected chi connectivity index (χ3v) is 7.28. The highest BCUT2D eigenvalue weighted by Gasteiger charge is 2.38. The summed E-state index contributed by atoms with van der Waals surface area (Å²) < 4.78 is 31.7. The van der Waals surface area contributed by atoms with E-state index in [-0.39, 0.29) is 18.7 Å². The number of aromatic nitrogens is 1. The number of carboxylic acid groups (broad SMARTS) is 2. The van der Waals surface area contributed by atoms with Crippen molar-refractivity contribution in [2.24, 2.45) is 5.73 Å². The second-order valence-electron chi connectivity index (χ2n) is 11.3. The van der Waals surface area contributed by atoms with Crippen molar-refractivity contribution in [1.82, 2.24) is 20.9 Å². The molecule has 0 fully saturated rings. The van der Waals surface area contributed by atoms with E-state index in [1.807, 2.05) is 72.8 Å². The summed E-state index contributed by atoms with van der Waals surface area (Å²) in [6.45, 7) is 1.08. The van der Waals surface area contributed by atoms with Gasteiger partial charge in [-0.3, -0.25) is 14.4 Å². The van der Waals surface area contributed by atoms with Crippen LogP contribution < -0.4 is 27.0 Å². The first kappa shape index (κ1) is 41.5. The van der Waals surface area contributed by atoms with E-state index in [1.165, 1.54) is 0 Å². The van der Waals surface area contributed by atoms with E-state index >= 15 is 0 Å². The lowest BCUT2D eigenvalue weighted by atomic mass is 9.98. The van der Waals surface area contributed by atoms with Crippen LogP contribution in [0.4, 0.5) is 23.8 Å². The zero-order valence-electron chi connectivity index (χ0n) is 27.8. The molecule has 0 spiro atoms. The highest BCUT2D eigenvalue weighted by molar-refractivity contribution is 5.88. The van der Waals surface area contributed by atoms with Gasteiger partial charge in [-0.15, -0.1) is 0 Å². The average Bonchev–Trinajstić information content (AvgIpc) is 3.09. The van der Waals surface area contributed by atoms with Crippen LogP contribution in [0.25, 0.3) is 11.1 Å². The normalized spacial score (nSPS) is 11.9. The number of carbonyl (C=O) groups is 5. The van der Waals surface area contributed by atoms with Crippen LogP contribution in [0.15, 0.2) is 79.0 Å². The molecular weight excluding hydrogens is 673 g/mol. The zero-order chi connectivity index (χ0) is 37.6. The van der Waals surface area contributed by atoms with Gasteiger partial charge in [0.05, 0.1) is 12.5 Å². The lowest BCUT2D eigenvalue weighted by molar-refractivity contribution is -0.192. The molecule has 0 bridgehead atoms. The number of halogens is 3. The van der Waals surface area contributed by atoms with Crippen LogP contribution in [0.3, 0.4) is 0 Å². The molecule has 51 heavy (non-hydrogen) atoms. The molecule has 0 aliphatic heterocycles. The van der Waals surface area contributed by atoms with Crippen LogP contribution in [0, 0.1) is 0 Å². The van der Waals surface area contributed by atoms with Gasteiger partial charge >= 0.3 is 24.1 Å². The van der Waals surface area contributed by atoms with Gasteiger partial charge in [-0.05, 0) is 60.9 Å². The van der Waals surface area contributed by atoms with Gasteiger partial charge in [-0.25, -0.2) is 14.6 Å². The fourth-order valence-corrected chi connectivity index (χ4v) is 4.73. The minimum absolute atomic E-state index is 0.250. The Balaban J connectivity index is 0.00000116. The Morgan fingerprint density at radius 2 is 1.39 bits per heavy atom. The fourth-order valence-electron chi connectivity index (χ4n) is 4.73. The van der Waals surface area contributed by atoms with Gasteiger partial charge in [-0.1, -0.05) is 67.1 Å². The first-order valence-corrected chi connectivity index (χ1v) is 16.2. The monoisotopic (exact) mass is 716 g/mol. The number of unbranched alkanes of at least 4 members (excludes halogenated alkanes) is 3. The van der Waals surface area contributed by atoms with Crippen LogP contribution in [0.1, 0.15) is 63.0 Å². The molecule has 276 valence electrons. The number of hydrogen-bond acceptors (Lipinski definition) is 7. The Morgan fingerprint density at radius 1 is 0.765 bits per heavy atom. The summed E-state index contributed by atoms with van der Waals surface area (Å²) >= 11 is 0. The van der Waals surface area contributed by atoms with Crippen molar-refractivity contribution in [2.45, 2.75) is 69.6 Å². The second-order valence-corrected chi connectivity index (χ2v) is 11.3. The number of primary amides is 1. The van der Waals surface area contributed by atoms with Gasteiger partial charge in [0.15, 0.2) is 0 Å². The average molecular weight is 717 g/mol. The minimum atomic E-state index is -5.08. The molecule has 1 aromatic heterocycles. The topological polar surface area (TPSA) is 213 Å². The van der Waals surface area contributed by atoms with Crippen LogP contribution in [0.2, 0.25) is 0 Å². The van der Waals surface area contributed by atoms with Gasteiger partial charge in [0.25, 0.3) is 0 Å². The Bertz CT molecular complexity index is 1530. The molecule has 4 amide bonds. The van der Waals surface area contributed by atoms with Gasteiger partial charge in [0.1, 0.15) is 11.9 Å². The van der Waals surface area contributed by atoms with E-state index in [0.717, 1.165) is 36.3 Å². The molecule has 16 heteroatoms. The number of carbonyl (C=O) groups excluding carboxylic acids is 3. The molecule has 1 unspecified atom stereocenters. The van der Waals surface area contributed by atoms with Crippen molar-refractivity contribution in [3.05, 3.63) is 84.6 Å². The van der Waals surface area contributed by atoms with E-state index < -0.39 is 42.1 Å². The number of benzene rings is 2. The molecule has 0 radical (unpaired) electrons. The number of nitrogens with one attached hydrogen (secondary N) is 4. The number of anilines is 1. The van der Waals surface area contributed by atoms with Crippen molar-refractivity contribution in [1.29, 1.82) is 0 Å². The number of amides is 4. The Kier molecular flexibility index (Phi) is 18.0. The first-order valence-electron chi connectivity index (χ1n) is 16.2. The molecule has 13 nitrogen and oxygen atoms in total. The van der Waals surface area contributed by atoms with Gasteiger partial charge < -0.3 is 37.2 Å². The van der Waals surface area contributed by atoms with E-state index in [0.29, 0.717) is 37.8 Å². The van der Waals surface area contributed by atoms with Crippen LogP contribution in [0.5, 0.6) is 0 Å². The molecule has 0 saturated heterocycles. The molecule has 3 aromatic rings. The Hall–Kier alpha value is -5.67. The maximum absolute atomic E-state index is 13.4. The number of aliphatic carboxylic acids is 2. The van der Waals surface area contributed by atoms with Crippen molar-refractivity contribution >= 4 is 35.6 Å². The first-order chi connectivity index (χ1) is 24.3. The molecule has 2 atom stereocenters. The summed E-state index contributed by atoms with van der Waals surface area (Å²) in [5, 5.41) is 28.1. The predicted octanol–water partition coefficient (Wildman–Crippen LogP) is 5.01. The number of nitrogens with zero attached hydrogens (tertiary/aromatic N) is 1. The van der Waals surface area contributed by atoms with Crippen molar-refractivity contribution in [3.8, 4) is 11.1 Å². The zero-order valence-corrected chi connectivity index (χ0v) is 27.8. The number of nitrogens with two attached hydrogens (primary N) is 1. The summed E-state index contributed by atoms with van der Waals surface area (Å²) in [6.07, 6.45) is 0.337. The second kappa shape index (κ2) is 22.1. The van der Waals surface area contributed by atoms with Crippen molar-refractivity contribution < 1.29 is 47.4 Å². The van der Waals surface area contributed by atoms with E-state index in [4.69, 9.17) is 15.6 Å². The van der Waals surface area contributed by atoms with Gasteiger partial charge in [0.2, 0.25) is 11.8 Å². The van der Waals surface area contributed by atoms with E-state index in [9.17, 15) is 37.5 Å². The largest absolute Gasteiger partial charge is 0.490 e. The van der Waals surface area contributed by atoms with Crippen molar-refractivity contribution in [3.63, 3.8) is 0 Å². The Labute approximate surface area is 293 Å². The molecule has 3 rings (SSSR count). The van der Waals surface area contributed by atoms with Gasteiger partial charge in [0, 0.05) is 25.7 Å². The number of hydrogen-bond donors (Lipinski definition) is 7. The quantitative estimate of drug-likeness (QED) is 0.0830. The molecule has 0 saturated carbocycles. The fraction of sp³-hybridized carbons (Fsp3) is 0.371. The smallest absolute Gasteiger partial charge is 0.481 e. The molecule has 1 heterocycles. The summed E-state index contributed by atoms with van der Waals surface area (Å²) in [5.41, 5.74) is 7.76. The minimum Gasteiger partial charge on any atom is -0.481 e. The number of urea groups is 1. The highest BCUT2D eigenvalue weighted by atomic mass is 19.4. The van der Waals surface area contributed by atoms with Crippen LogP contribution >= 0.6 is 0 Å².